The van der Waals surface area contributed by atoms with E-state index < -0.39 is 0 Å². The van der Waals surface area contributed by atoms with E-state index in [2.05, 4.69) is 33.3 Å². The van der Waals surface area contributed by atoms with Gasteiger partial charge in [-0.3, -0.25) is 0 Å². The average molecular weight is 318 g/mol. The topological polar surface area (TPSA) is 80.2 Å². The molecule has 22 heavy (non-hydrogen) atoms. The molecule has 0 aliphatic heterocycles. The van der Waals surface area contributed by atoms with Gasteiger partial charge in [0.1, 0.15) is 17.0 Å². The van der Waals surface area contributed by atoms with Gasteiger partial charge in [0, 0.05) is 17.6 Å². The van der Waals surface area contributed by atoms with Crippen LogP contribution in [0.5, 0.6) is 0 Å². The Hall–Kier alpha value is -1.83. The van der Waals surface area contributed by atoms with Crippen LogP contribution >= 0.6 is 11.3 Å². The smallest absolute Gasteiger partial charge is 0.147 e. The summed E-state index contributed by atoms with van der Waals surface area (Å²) >= 11 is 1.61. The van der Waals surface area contributed by atoms with E-state index in [-0.39, 0.29) is 6.61 Å². The maximum Gasteiger partial charge on any atom is 0.147 e. The second-order valence-corrected chi connectivity index (χ2v) is 6.02. The lowest BCUT2D eigenvalue weighted by Crippen LogP contribution is -2.12. The van der Waals surface area contributed by atoms with Gasteiger partial charge in [0.15, 0.2) is 0 Å². The number of nitrogens with one attached hydrogen (secondary N) is 1. The first-order chi connectivity index (χ1) is 10.7. The molecule has 0 amide bonds. The van der Waals surface area contributed by atoms with Gasteiger partial charge in [-0.1, -0.05) is 0 Å². The van der Waals surface area contributed by atoms with E-state index in [4.69, 9.17) is 9.84 Å². The normalized spacial score (nSPS) is 11.4. The summed E-state index contributed by atoms with van der Waals surface area (Å²) < 4.78 is 6.26. The zero-order valence-corrected chi connectivity index (χ0v) is 13.4. The second-order valence-electron chi connectivity index (χ2n) is 5.03. The second kappa shape index (κ2) is 6.51. The van der Waals surface area contributed by atoms with Gasteiger partial charge >= 0.3 is 0 Å². The third-order valence-electron chi connectivity index (χ3n) is 3.33. The number of aryl methyl sites for hydroxylation is 2. The summed E-state index contributed by atoms with van der Waals surface area (Å²) in [6, 6.07) is 2.08. The van der Waals surface area contributed by atoms with Crippen LogP contribution in [0.3, 0.4) is 0 Å². The number of fused-ring (bicyclic) bond motifs is 3. The number of hydrogen-bond acceptors (Lipinski definition) is 7. The fourth-order valence-corrected chi connectivity index (χ4v) is 3.66. The highest BCUT2D eigenvalue weighted by atomic mass is 32.1. The van der Waals surface area contributed by atoms with E-state index in [0.717, 1.165) is 31.9 Å². The SMILES string of the molecule is Cc1cc(C)c2c(n1)sc1c(NCCOCCO)ncnc12. The number of pyridine rings is 1. The van der Waals surface area contributed by atoms with Gasteiger partial charge in [-0.2, -0.15) is 0 Å². The number of aliphatic hydroxyl groups excluding tert-OH is 1. The molecule has 0 atom stereocenters. The van der Waals surface area contributed by atoms with E-state index in [9.17, 15) is 0 Å². The molecule has 0 bridgehead atoms. The first kappa shape index (κ1) is 15.1. The van der Waals surface area contributed by atoms with Crippen molar-refractivity contribution in [2.75, 3.05) is 31.7 Å². The van der Waals surface area contributed by atoms with Gasteiger partial charge in [-0.25, -0.2) is 15.0 Å². The molecule has 3 aromatic rings. The lowest BCUT2D eigenvalue weighted by atomic mass is 10.1. The maximum atomic E-state index is 8.68. The molecule has 0 radical (unpaired) electrons. The molecule has 0 unspecified atom stereocenters. The lowest BCUT2D eigenvalue weighted by Gasteiger charge is -2.06. The first-order valence-corrected chi connectivity index (χ1v) is 7.96. The predicted octanol–water partition coefficient (Wildman–Crippen LogP) is 2.28. The number of ether oxygens (including phenoxy) is 1. The first-order valence-electron chi connectivity index (χ1n) is 7.14. The van der Waals surface area contributed by atoms with Crippen LogP contribution in [0, 0.1) is 13.8 Å². The molecule has 0 saturated carbocycles. The van der Waals surface area contributed by atoms with Crippen molar-refractivity contribution in [2.45, 2.75) is 13.8 Å². The Labute approximate surface area is 132 Å². The third-order valence-corrected chi connectivity index (χ3v) is 4.40. The Balaban J connectivity index is 1.93. The number of nitrogens with zero attached hydrogens (tertiary/aromatic N) is 3. The molecule has 3 rings (SSSR count). The molecule has 3 aromatic heterocycles. The summed E-state index contributed by atoms with van der Waals surface area (Å²) in [5, 5.41) is 13.1. The lowest BCUT2D eigenvalue weighted by molar-refractivity contribution is 0.0992. The van der Waals surface area contributed by atoms with Crippen molar-refractivity contribution in [2.24, 2.45) is 0 Å². The minimum Gasteiger partial charge on any atom is -0.394 e. The fraction of sp³-hybridized carbons (Fsp3) is 0.400. The van der Waals surface area contributed by atoms with Crippen molar-refractivity contribution >= 4 is 37.6 Å². The minimum absolute atomic E-state index is 0.0400. The van der Waals surface area contributed by atoms with Gasteiger partial charge in [-0.15, -0.1) is 11.3 Å². The largest absolute Gasteiger partial charge is 0.394 e. The van der Waals surface area contributed by atoms with Crippen molar-refractivity contribution in [3.8, 4) is 0 Å². The number of anilines is 1. The maximum absolute atomic E-state index is 8.68. The van der Waals surface area contributed by atoms with Crippen molar-refractivity contribution in [3.05, 3.63) is 23.7 Å². The van der Waals surface area contributed by atoms with Gasteiger partial charge in [0.05, 0.1) is 30.0 Å². The minimum atomic E-state index is 0.0400. The molecule has 0 fully saturated rings. The highest BCUT2D eigenvalue weighted by Crippen LogP contribution is 2.36. The van der Waals surface area contributed by atoms with E-state index in [0.29, 0.717) is 19.8 Å². The molecule has 7 heteroatoms. The highest BCUT2D eigenvalue weighted by molar-refractivity contribution is 7.26. The zero-order chi connectivity index (χ0) is 15.5. The molecular formula is C15H18N4O2S. The summed E-state index contributed by atoms with van der Waals surface area (Å²) in [6.07, 6.45) is 1.57. The number of thiophene rings is 1. The van der Waals surface area contributed by atoms with E-state index in [1.165, 1.54) is 5.56 Å². The standard InChI is InChI=1S/C15H18N4O2S/c1-9-7-10(2)19-15-11(9)12-13(22-15)14(18-8-17-12)16-3-5-21-6-4-20/h7-8,20H,3-6H2,1-2H3,(H,16,17,18). The molecule has 116 valence electrons. The highest BCUT2D eigenvalue weighted by Gasteiger charge is 2.14. The summed E-state index contributed by atoms with van der Waals surface area (Å²) in [4.78, 5) is 14.4. The number of aromatic nitrogens is 3. The van der Waals surface area contributed by atoms with Crippen LogP contribution in [0.4, 0.5) is 5.82 Å². The van der Waals surface area contributed by atoms with E-state index in [1.807, 2.05) is 6.92 Å². The monoisotopic (exact) mass is 318 g/mol. The van der Waals surface area contributed by atoms with Gasteiger partial charge in [0.25, 0.3) is 0 Å². The summed E-state index contributed by atoms with van der Waals surface area (Å²) in [5.41, 5.74) is 3.14. The van der Waals surface area contributed by atoms with Gasteiger partial charge < -0.3 is 15.2 Å². The van der Waals surface area contributed by atoms with Crippen LogP contribution in [0.15, 0.2) is 12.4 Å². The van der Waals surface area contributed by atoms with Crippen molar-refractivity contribution < 1.29 is 9.84 Å². The van der Waals surface area contributed by atoms with E-state index >= 15 is 0 Å². The Morgan fingerprint density at radius 1 is 1.27 bits per heavy atom. The molecule has 2 N–H and O–H groups in total. The van der Waals surface area contributed by atoms with E-state index in [1.54, 1.807) is 17.7 Å². The van der Waals surface area contributed by atoms with Crippen molar-refractivity contribution in [1.29, 1.82) is 0 Å². The Kier molecular flexibility index (Phi) is 4.47. The van der Waals surface area contributed by atoms with Crippen LogP contribution < -0.4 is 5.32 Å². The molecule has 0 aliphatic rings. The van der Waals surface area contributed by atoms with Crippen LogP contribution in [0.25, 0.3) is 20.4 Å². The van der Waals surface area contributed by atoms with Crippen LogP contribution in [0.1, 0.15) is 11.3 Å². The molecule has 0 spiro atoms. The van der Waals surface area contributed by atoms with Crippen molar-refractivity contribution in [1.82, 2.24) is 15.0 Å². The predicted molar refractivity (Wildman–Crippen MR) is 88.6 cm³/mol. The zero-order valence-electron chi connectivity index (χ0n) is 12.6. The average Bonchev–Trinajstić information content (AvgIpc) is 2.86. The number of rotatable bonds is 6. The summed E-state index contributed by atoms with van der Waals surface area (Å²) in [5.74, 6) is 0.803. The Morgan fingerprint density at radius 3 is 2.95 bits per heavy atom. The number of aliphatic hydroxyl groups is 1. The fourth-order valence-electron chi connectivity index (χ4n) is 2.44. The summed E-state index contributed by atoms with van der Waals surface area (Å²) in [6.45, 7) is 5.63. The van der Waals surface area contributed by atoms with Gasteiger partial charge in [-0.05, 0) is 25.5 Å². The Morgan fingerprint density at radius 2 is 2.14 bits per heavy atom. The van der Waals surface area contributed by atoms with Crippen LogP contribution in [-0.2, 0) is 4.74 Å². The Bertz CT molecular complexity index is 803. The third kappa shape index (κ3) is 2.87. The molecule has 3 heterocycles. The molecule has 6 nitrogen and oxygen atoms in total. The van der Waals surface area contributed by atoms with Crippen LogP contribution in [0.2, 0.25) is 0 Å². The summed E-state index contributed by atoms with van der Waals surface area (Å²) in [7, 11) is 0. The molecule has 0 saturated heterocycles. The molecular weight excluding hydrogens is 300 g/mol. The molecule has 0 aromatic carbocycles. The van der Waals surface area contributed by atoms with Gasteiger partial charge in [0.2, 0.25) is 0 Å². The van der Waals surface area contributed by atoms with Crippen molar-refractivity contribution in [3.63, 3.8) is 0 Å². The molecule has 0 aliphatic carbocycles. The number of hydrogen-bond donors (Lipinski definition) is 2. The van der Waals surface area contributed by atoms with Crippen LogP contribution in [-0.4, -0.2) is 46.4 Å². The quantitative estimate of drug-likeness (QED) is 0.679.